The van der Waals surface area contributed by atoms with Crippen LogP contribution in [0.15, 0.2) is 17.8 Å². The number of hydrogen-bond acceptors (Lipinski definition) is 2. The number of rotatable bonds is 3. The van der Waals surface area contributed by atoms with Gasteiger partial charge in [0.05, 0.1) is 12.3 Å². The molecule has 0 bridgehead atoms. The van der Waals surface area contributed by atoms with Crippen LogP contribution in [0.2, 0.25) is 0 Å². The highest BCUT2D eigenvalue weighted by Gasteiger charge is 2.20. The molecule has 13 heavy (non-hydrogen) atoms. The molecular weight excluding hydrogens is 186 g/mol. The second-order valence-electron chi connectivity index (χ2n) is 3.00. The smallest absolute Gasteiger partial charge is 0.235 e. The Balaban J connectivity index is 2.84. The van der Waals surface area contributed by atoms with Crippen LogP contribution < -0.4 is 0 Å². The molecule has 0 atom stereocenters. The molecule has 1 heterocycles. The molecule has 0 N–H and O–H groups in total. The third-order valence-electron chi connectivity index (χ3n) is 1.87. The van der Waals surface area contributed by atoms with Gasteiger partial charge in [-0.05, 0) is 25.5 Å². The zero-order valence-electron chi connectivity index (χ0n) is 7.95. The summed E-state index contributed by atoms with van der Waals surface area (Å²) in [4.78, 5) is 0. The van der Waals surface area contributed by atoms with Gasteiger partial charge in [0, 0.05) is 5.70 Å². The van der Waals surface area contributed by atoms with Crippen molar-refractivity contribution < 1.29 is 8.42 Å². The van der Waals surface area contributed by atoms with E-state index in [0.29, 0.717) is 13.0 Å². The molecule has 0 spiro atoms. The van der Waals surface area contributed by atoms with Crippen LogP contribution in [0.4, 0.5) is 0 Å². The van der Waals surface area contributed by atoms with Crippen molar-refractivity contribution in [2.45, 2.75) is 20.3 Å². The summed E-state index contributed by atoms with van der Waals surface area (Å²) in [5, 5.41) is 0. The van der Waals surface area contributed by atoms with Gasteiger partial charge in [-0.2, -0.15) is 0 Å². The lowest BCUT2D eigenvalue weighted by molar-refractivity contribution is 0.496. The summed E-state index contributed by atoms with van der Waals surface area (Å²) in [6.07, 6.45) is 7.04. The van der Waals surface area contributed by atoms with Gasteiger partial charge in [0.15, 0.2) is 0 Å². The highest BCUT2D eigenvalue weighted by atomic mass is 32.2. The number of allylic oxidation sites excluding steroid dienone is 3. The average Bonchev–Trinajstić information content (AvgIpc) is 2.04. The van der Waals surface area contributed by atoms with E-state index >= 15 is 0 Å². The Labute approximate surface area is 79.8 Å². The van der Waals surface area contributed by atoms with Gasteiger partial charge in [-0.15, -0.1) is 0 Å². The highest BCUT2D eigenvalue weighted by Crippen LogP contribution is 2.14. The van der Waals surface area contributed by atoms with Crippen molar-refractivity contribution in [2.75, 3.05) is 12.3 Å². The molecule has 73 valence electrons. The minimum atomic E-state index is -3.10. The molecule has 0 fully saturated rings. The molecule has 0 saturated carbocycles. The molecule has 0 aliphatic carbocycles. The fraction of sp³-hybridized carbons (Fsp3) is 0.556. The summed E-state index contributed by atoms with van der Waals surface area (Å²) >= 11 is 0. The van der Waals surface area contributed by atoms with Crippen LogP contribution in [-0.2, 0) is 10.0 Å². The van der Waals surface area contributed by atoms with E-state index in [9.17, 15) is 8.42 Å². The molecule has 3 nitrogen and oxygen atoms in total. The third kappa shape index (κ3) is 2.34. The summed E-state index contributed by atoms with van der Waals surface area (Å²) in [6, 6.07) is 0. The first kappa shape index (κ1) is 10.3. The maximum absolute atomic E-state index is 11.6. The molecule has 4 heteroatoms. The fourth-order valence-electron chi connectivity index (χ4n) is 1.21. The van der Waals surface area contributed by atoms with Crippen LogP contribution in [-0.4, -0.2) is 25.0 Å². The van der Waals surface area contributed by atoms with E-state index in [1.165, 1.54) is 4.31 Å². The van der Waals surface area contributed by atoms with Gasteiger partial charge in [-0.1, -0.05) is 13.0 Å². The van der Waals surface area contributed by atoms with Gasteiger partial charge in [0.2, 0.25) is 10.0 Å². The molecule has 0 amide bonds. The van der Waals surface area contributed by atoms with Crippen LogP contribution in [0.1, 0.15) is 20.3 Å². The first-order valence-corrected chi connectivity index (χ1v) is 5.92. The molecule has 0 aromatic heterocycles. The molecule has 1 radical (unpaired) electrons. The predicted molar refractivity (Wildman–Crippen MR) is 52.4 cm³/mol. The monoisotopic (exact) mass is 200 g/mol. The second kappa shape index (κ2) is 3.96. The summed E-state index contributed by atoms with van der Waals surface area (Å²) in [7, 11) is -3.10. The normalized spacial score (nSPS) is 17.4. The van der Waals surface area contributed by atoms with E-state index in [2.05, 4.69) is 6.08 Å². The van der Waals surface area contributed by atoms with Crippen molar-refractivity contribution in [3.05, 3.63) is 23.9 Å². The van der Waals surface area contributed by atoms with Gasteiger partial charge in [-0.3, -0.25) is 4.31 Å². The van der Waals surface area contributed by atoms with Crippen LogP contribution in [0.25, 0.3) is 0 Å². The summed E-state index contributed by atoms with van der Waals surface area (Å²) in [5.74, 6) is 0.208. The minimum absolute atomic E-state index is 0.208. The predicted octanol–water partition coefficient (Wildman–Crippen LogP) is 1.30. The number of sulfonamides is 1. The van der Waals surface area contributed by atoms with Crippen LogP contribution in [0.5, 0.6) is 0 Å². The van der Waals surface area contributed by atoms with Crippen molar-refractivity contribution in [3.63, 3.8) is 0 Å². The van der Waals surface area contributed by atoms with Crippen LogP contribution in [0, 0.1) is 6.08 Å². The number of nitrogens with zero attached hydrogens (tertiary/aromatic N) is 1. The number of hydrogen-bond donors (Lipinski definition) is 0. The summed E-state index contributed by atoms with van der Waals surface area (Å²) in [5.41, 5.74) is 0.771. The minimum Gasteiger partial charge on any atom is -0.270 e. The van der Waals surface area contributed by atoms with Crippen molar-refractivity contribution in [1.29, 1.82) is 0 Å². The Morgan fingerprint density at radius 3 is 2.85 bits per heavy atom. The van der Waals surface area contributed by atoms with E-state index in [4.69, 9.17) is 0 Å². The van der Waals surface area contributed by atoms with Crippen molar-refractivity contribution in [3.8, 4) is 0 Å². The van der Waals surface area contributed by atoms with Crippen LogP contribution >= 0.6 is 0 Å². The van der Waals surface area contributed by atoms with Gasteiger partial charge >= 0.3 is 0 Å². The zero-order valence-corrected chi connectivity index (χ0v) is 8.76. The van der Waals surface area contributed by atoms with E-state index in [0.717, 1.165) is 5.70 Å². The Bertz CT molecular complexity index is 328. The van der Waals surface area contributed by atoms with Gasteiger partial charge in [-0.25, -0.2) is 8.42 Å². The van der Waals surface area contributed by atoms with E-state index < -0.39 is 10.0 Å². The third-order valence-corrected chi connectivity index (χ3v) is 3.88. The Morgan fingerprint density at radius 2 is 2.31 bits per heavy atom. The Kier molecular flexibility index (Phi) is 3.14. The van der Waals surface area contributed by atoms with E-state index in [1.807, 2.05) is 6.92 Å². The summed E-state index contributed by atoms with van der Waals surface area (Å²) in [6.45, 7) is 4.01. The molecule has 0 aromatic carbocycles. The topological polar surface area (TPSA) is 37.4 Å². The quantitative estimate of drug-likeness (QED) is 0.688. The molecule has 0 saturated heterocycles. The average molecular weight is 200 g/mol. The standard InChI is InChI=1S/C9H14NO2S/c1-3-8-13(11,12)10-7-5-4-6-9(10)2/h4,6H,3,7-8H2,1-2H3. The SMILES string of the molecule is CCCS(=O)(=O)N1C[C]=CC=C1C. The fourth-order valence-corrected chi connectivity index (χ4v) is 2.72. The van der Waals surface area contributed by atoms with Gasteiger partial charge in [0.1, 0.15) is 0 Å². The molecule has 1 rings (SSSR count). The molecule has 0 unspecified atom stereocenters. The second-order valence-corrected chi connectivity index (χ2v) is 5.01. The van der Waals surface area contributed by atoms with Crippen molar-refractivity contribution in [2.24, 2.45) is 0 Å². The lowest BCUT2D eigenvalue weighted by Gasteiger charge is -2.24. The maximum atomic E-state index is 11.6. The Hall–Kier alpha value is -0.770. The maximum Gasteiger partial charge on any atom is 0.235 e. The Morgan fingerprint density at radius 1 is 1.62 bits per heavy atom. The molecular formula is C9H14NO2S. The van der Waals surface area contributed by atoms with Crippen molar-refractivity contribution >= 4 is 10.0 Å². The highest BCUT2D eigenvalue weighted by molar-refractivity contribution is 7.89. The van der Waals surface area contributed by atoms with Gasteiger partial charge < -0.3 is 0 Å². The molecule has 1 aliphatic heterocycles. The lowest BCUT2D eigenvalue weighted by Crippen LogP contribution is -2.32. The zero-order chi connectivity index (χ0) is 9.90. The lowest BCUT2D eigenvalue weighted by atomic mass is 10.3. The molecule has 1 aliphatic rings. The molecule has 0 aromatic rings. The summed E-state index contributed by atoms with van der Waals surface area (Å²) < 4.78 is 24.7. The van der Waals surface area contributed by atoms with Gasteiger partial charge in [0.25, 0.3) is 0 Å². The first-order valence-electron chi connectivity index (χ1n) is 4.32. The van der Waals surface area contributed by atoms with Crippen LogP contribution in [0.3, 0.4) is 0 Å². The first-order chi connectivity index (χ1) is 6.08. The van der Waals surface area contributed by atoms with E-state index in [1.54, 1.807) is 19.1 Å². The largest absolute Gasteiger partial charge is 0.270 e. The van der Waals surface area contributed by atoms with Crippen molar-refractivity contribution in [1.82, 2.24) is 4.31 Å². The van der Waals surface area contributed by atoms with E-state index in [-0.39, 0.29) is 5.75 Å².